The van der Waals surface area contributed by atoms with Crippen LogP contribution in [0.3, 0.4) is 0 Å². The van der Waals surface area contributed by atoms with E-state index in [2.05, 4.69) is 0 Å². The Hall–Kier alpha value is -4.77. The molecule has 5 nitrogen and oxygen atoms in total. The van der Waals surface area contributed by atoms with E-state index in [4.69, 9.17) is 9.47 Å². The summed E-state index contributed by atoms with van der Waals surface area (Å²) in [6.45, 7) is 1.99. The van der Waals surface area contributed by atoms with E-state index in [1.165, 1.54) is 6.08 Å². The number of Topliss-reactive ketones (excluding diaryl/α,β-unsaturated/α-hetero) is 2. The van der Waals surface area contributed by atoms with Crippen LogP contribution in [0.2, 0.25) is 0 Å². The number of methoxy groups -OCH3 is 2. The van der Waals surface area contributed by atoms with Crippen LogP contribution < -0.4 is 9.47 Å². The minimum atomic E-state index is -0.991. The van der Waals surface area contributed by atoms with Gasteiger partial charge in [0.2, 0.25) is 0 Å². The van der Waals surface area contributed by atoms with Crippen LogP contribution >= 0.6 is 0 Å². The van der Waals surface area contributed by atoms with Crippen molar-refractivity contribution in [3.05, 3.63) is 137 Å². The summed E-state index contributed by atoms with van der Waals surface area (Å²) in [6.07, 6.45) is 3.28. The Morgan fingerprint density at radius 1 is 0.738 bits per heavy atom. The highest BCUT2D eigenvalue weighted by atomic mass is 16.5. The molecule has 1 unspecified atom stereocenters. The second kappa shape index (κ2) is 12.8. The molecule has 1 saturated carbocycles. The van der Waals surface area contributed by atoms with Gasteiger partial charge in [-0.15, -0.1) is 0 Å². The SMILES string of the molecule is COc1ccc(/C=C/C(=O)C2C(=O)C[C@H](c3ccc(OC)cc3)[C@H](C(=O)c3ccccc3)[C@H]2c2ccc(C)cc2)cc1. The number of ketones is 3. The zero-order chi connectivity index (χ0) is 29.6. The van der Waals surface area contributed by atoms with Crippen LogP contribution in [0.1, 0.15) is 50.9 Å². The molecular formula is C37H34O5. The maximum absolute atomic E-state index is 14.4. The average Bonchev–Trinajstić information content (AvgIpc) is 3.04. The van der Waals surface area contributed by atoms with Gasteiger partial charge in [0.15, 0.2) is 11.6 Å². The Kier molecular flexibility index (Phi) is 8.77. The predicted molar refractivity (Wildman–Crippen MR) is 164 cm³/mol. The lowest BCUT2D eigenvalue weighted by molar-refractivity contribution is -0.134. The molecule has 0 aliphatic heterocycles. The van der Waals surface area contributed by atoms with Crippen LogP contribution in [0, 0.1) is 18.8 Å². The zero-order valence-corrected chi connectivity index (χ0v) is 24.0. The van der Waals surface area contributed by atoms with E-state index >= 15 is 0 Å². The number of aryl methyl sites for hydroxylation is 1. The van der Waals surface area contributed by atoms with Gasteiger partial charge < -0.3 is 9.47 Å². The largest absolute Gasteiger partial charge is 0.497 e. The van der Waals surface area contributed by atoms with Crippen LogP contribution in [-0.4, -0.2) is 31.6 Å². The third kappa shape index (κ3) is 6.10. The molecule has 5 heteroatoms. The van der Waals surface area contributed by atoms with Gasteiger partial charge in [-0.25, -0.2) is 0 Å². The van der Waals surface area contributed by atoms with E-state index in [0.717, 1.165) is 22.3 Å². The van der Waals surface area contributed by atoms with Crippen molar-refractivity contribution in [1.82, 2.24) is 0 Å². The summed E-state index contributed by atoms with van der Waals surface area (Å²) in [5, 5.41) is 0. The van der Waals surface area contributed by atoms with Crippen LogP contribution in [0.5, 0.6) is 11.5 Å². The number of benzene rings is 4. The van der Waals surface area contributed by atoms with Gasteiger partial charge in [-0.2, -0.15) is 0 Å². The molecule has 0 N–H and O–H groups in total. The topological polar surface area (TPSA) is 69.7 Å². The van der Waals surface area contributed by atoms with Gasteiger partial charge in [-0.3, -0.25) is 14.4 Å². The molecule has 4 aromatic carbocycles. The van der Waals surface area contributed by atoms with Crippen molar-refractivity contribution in [3.8, 4) is 11.5 Å². The van der Waals surface area contributed by atoms with E-state index in [-0.39, 0.29) is 23.8 Å². The Balaban J connectivity index is 1.61. The number of allylic oxidation sites excluding steroid dienone is 1. The van der Waals surface area contributed by atoms with Gasteiger partial charge in [0.1, 0.15) is 17.3 Å². The van der Waals surface area contributed by atoms with E-state index in [9.17, 15) is 14.4 Å². The summed E-state index contributed by atoms with van der Waals surface area (Å²) >= 11 is 0. The molecule has 1 aliphatic carbocycles. The van der Waals surface area contributed by atoms with Crippen molar-refractivity contribution in [3.63, 3.8) is 0 Å². The van der Waals surface area contributed by atoms with Gasteiger partial charge in [-0.1, -0.05) is 90.5 Å². The molecule has 212 valence electrons. The second-order valence-corrected chi connectivity index (χ2v) is 10.7. The fraction of sp³-hybridized carbons (Fsp3) is 0.216. The molecule has 1 aliphatic rings. The number of carbonyl (C=O) groups is 3. The minimum Gasteiger partial charge on any atom is -0.497 e. The van der Waals surface area contributed by atoms with E-state index in [1.54, 1.807) is 32.4 Å². The van der Waals surface area contributed by atoms with Crippen molar-refractivity contribution in [2.75, 3.05) is 14.2 Å². The van der Waals surface area contributed by atoms with Crippen molar-refractivity contribution >= 4 is 23.4 Å². The van der Waals surface area contributed by atoms with Gasteiger partial charge in [0, 0.05) is 29.7 Å². The summed E-state index contributed by atoms with van der Waals surface area (Å²) < 4.78 is 10.6. The maximum Gasteiger partial charge on any atom is 0.167 e. The van der Waals surface area contributed by atoms with Gasteiger partial charge in [0.25, 0.3) is 0 Å². The number of hydrogen-bond donors (Lipinski definition) is 0. The monoisotopic (exact) mass is 558 g/mol. The first kappa shape index (κ1) is 28.7. The fourth-order valence-corrected chi connectivity index (χ4v) is 5.97. The van der Waals surface area contributed by atoms with E-state index in [1.807, 2.05) is 97.9 Å². The molecule has 4 atom stereocenters. The first-order valence-electron chi connectivity index (χ1n) is 14.1. The minimum absolute atomic E-state index is 0.0774. The first-order chi connectivity index (χ1) is 20.4. The summed E-state index contributed by atoms with van der Waals surface area (Å²) in [4.78, 5) is 42.3. The van der Waals surface area contributed by atoms with Crippen LogP contribution in [0.15, 0.2) is 109 Å². The van der Waals surface area contributed by atoms with Crippen LogP contribution in [0.25, 0.3) is 6.08 Å². The molecule has 5 rings (SSSR count). The lowest BCUT2D eigenvalue weighted by Crippen LogP contribution is -2.44. The molecule has 42 heavy (non-hydrogen) atoms. The Labute approximate surface area is 246 Å². The van der Waals surface area contributed by atoms with Crippen molar-refractivity contribution in [2.24, 2.45) is 11.8 Å². The Morgan fingerprint density at radius 2 is 1.31 bits per heavy atom. The molecule has 0 spiro atoms. The van der Waals surface area contributed by atoms with Crippen LogP contribution in [-0.2, 0) is 9.59 Å². The molecule has 0 heterocycles. The Morgan fingerprint density at radius 3 is 1.90 bits per heavy atom. The highest BCUT2D eigenvalue weighted by Gasteiger charge is 2.50. The number of carbonyl (C=O) groups excluding carboxylic acids is 3. The molecule has 4 aromatic rings. The second-order valence-electron chi connectivity index (χ2n) is 10.7. The number of hydrogen-bond acceptors (Lipinski definition) is 5. The summed E-state index contributed by atoms with van der Waals surface area (Å²) in [7, 11) is 3.20. The molecule has 0 saturated heterocycles. The first-order valence-corrected chi connectivity index (χ1v) is 14.1. The quantitative estimate of drug-likeness (QED) is 0.123. The fourth-order valence-electron chi connectivity index (χ4n) is 5.97. The molecule has 0 bridgehead atoms. The highest BCUT2D eigenvalue weighted by Crippen LogP contribution is 2.49. The standard InChI is InChI=1S/C37H34O5/c1-24-9-14-27(15-10-24)34-35(37(40)28-7-5-4-6-8-28)31(26-16-20-30(42-3)21-17-26)23-33(39)36(34)32(38)22-13-25-11-18-29(41-2)19-12-25/h4-22,31,34-36H,23H2,1-3H3/b22-13+/t31-,34-,35+,36?/m1/s1. The van der Waals surface area contributed by atoms with Gasteiger partial charge in [0.05, 0.1) is 20.1 Å². The lowest BCUT2D eigenvalue weighted by Gasteiger charge is -2.41. The van der Waals surface area contributed by atoms with Gasteiger partial charge >= 0.3 is 0 Å². The van der Waals surface area contributed by atoms with E-state index < -0.39 is 23.7 Å². The molecule has 1 fully saturated rings. The molecule has 0 aromatic heterocycles. The summed E-state index contributed by atoms with van der Waals surface area (Å²) in [6, 6.07) is 31.8. The van der Waals surface area contributed by atoms with Gasteiger partial charge in [-0.05, 0) is 54.0 Å². The highest BCUT2D eigenvalue weighted by molar-refractivity contribution is 6.12. The van der Waals surface area contributed by atoms with E-state index in [0.29, 0.717) is 17.1 Å². The third-order valence-corrected chi connectivity index (χ3v) is 8.18. The smallest absolute Gasteiger partial charge is 0.167 e. The normalized spacial score (nSPS) is 20.3. The van der Waals surface area contributed by atoms with Crippen molar-refractivity contribution in [1.29, 1.82) is 0 Å². The lowest BCUT2D eigenvalue weighted by atomic mass is 9.59. The van der Waals surface area contributed by atoms with Crippen LogP contribution in [0.4, 0.5) is 0 Å². The summed E-state index contributed by atoms with van der Waals surface area (Å²) in [5.41, 5.74) is 4.11. The average molecular weight is 559 g/mol. The molecule has 0 amide bonds. The Bertz CT molecular complexity index is 1570. The third-order valence-electron chi connectivity index (χ3n) is 8.18. The van der Waals surface area contributed by atoms with Crippen molar-refractivity contribution in [2.45, 2.75) is 25.2 Å². The number of ether oxygens (including phenoxy) is 2. The summed E-state index contributed by atoms with van der Waals surface area (Å²) in [5.74, 6) is -1.81. The zero-order valence-electron chi connectivity index (χ0n) is 24.0. The molecular weight excluding hydrogens is 524 g/mol. The maximum atomic E-state index is 14.4. The predicted octanol–water partition coefficient (Wildman–Crippen LogP) is 7.25. The molecule has 0 radical (unpaired) electrons. The number of rotatable bonds is 9. The van der Waals surface area contributed by atoms with Crippen molar-refractivity contribution < 1.29 is 23.9 Å².